The monoisotopic (exact) mass is 289 g/mol. The highest BCUT2D eigenvalue weighted by atomic mass is 32.2. The number of fused-ring (bicyclic) bond motifs is 1. The lowest BCUT2D eigenvalue weighted by Crippen LogP contribution is -2.59. The average molecular weight is 289 g/mol. The molecule has 2 N–H and O–H groups in total. The van der Waals surface area contributed by atoms with Crippen LogP contribution in [0.5, 0.6) is 0 Å². The van der Waals surface area contributed by atoms with E-state index in [1.165, 1.54) is 13.8 Å². The highest BCUT2D eigenvalue weighted by molar-refractivity contribution is 7.94. The number of aliphatic carboxylic acids is 2. The van der Waals surface area contributed by atoms with E-state index < -0.39 is 49.4 Å². The average Bonchev–Trinajstić information content (AvgIpc) is 2.38. The number of carboxylic acids is 2. The van der Waals surface area contributed by atoms with Crippen molar-refractivity contribution in [3.8, 4) is 0 Å². The van der Waals surface area contributed by atoms with Crippen LogP contribution in [-0.4, -0.2) is 57.5 Å². The minimum Gasteiger partial charge on any atom is -0.480 e. The molecule has 2 atom stereocenters. The third-order valence-corrected chi connectivity index (χ3v) is 6.24. The van der Waals surface area contributed by atoms with E-state index in [4.69, 9.17) is 10.2 Å². The maximum atomic E-state index is 12.2. The van der Waals surface area contributed by atoms with Crippen molar-refractivity contribution in [3.63, 3.8) is 0 Å². The summed E-state index contributed by atoms with van der Waals surface area (Å²) >= 11 is 0. The van der Waals surface area contributed by atoms with E-state index in [0.29, 0.717) is 11.0 Å². The molecule has 0 aromatic heterocycles. The van der Waals surface area contributed by atoms with Crippen LogP contribution in [0.2, 0.25) is 0 Å². The molecule has 0 aromatic rings. The second-order valence-corrected chi connectivity index (χ2v) is 7.48. The van der Waals surface area contributed by atoms with Gasteiger partial charge in [-0.2, -0.15) is 0 Å². The lowest BCUT2D eigenvalue weighted by molar-refractivity contribution is -0.152. The van der Waals surface area contributed by atoms with Gasteiger partial charge in [0.25, 0.3) is 5.91 Å². The first kappa shape index (κ1) is 13.5. The van der Waals surface area contributed by atoms with E-state index in [0.717, 1.165) is 0 Å². The molecule has 1 amide bonds. The van der Waals surface area contributed by atoms with E-state index in [1.54, 1.807) is 0 Å². The number of amides is 1. The zero-order chi connectivity index (χ0) is 14.7. The maximum Gasteiger partial charge on any atom is 0.328 e. The minimum atomic E-state index is -3.99. The number of rotatable bonds is 2. The Kier molecular flexibility index (Phi) is 2.54. The summed E-state index contributed by atoms with van der Waals surface area (Å²) < 4.78 is 22.8. The summed E-state index contributed by atoms with van der Waals surface area (Å²) in [6, 6.07) is -1.51. The topological polar surface area (TPSA) is 129 Å². The molecular weight excluding hydrogens is 278 g/mol. The lowest BCUT2D eigenvalue weighted by Gasteiger charge is -2.37. The van der Waals surface area contributed by atoms with Gasteiger partial charge in [-0.05, 0) is 13.8 Å². The van der Waals surface area contributed by atoms with Gasteiger partial charge < -0.3 is 15.1 Å². The van der Waals surface area contributed by atoms with Crippen LogP contribution in [0.15, 0.2) is 11.6 Å². The summed E-state index contributed by atoms with van der Waals surface area (Å²) in [6.45, 7) is 2.43. The van der Waals surface area contributed by atoms with Crippen LogP contribution in [0.4, 0.5) is 0 Å². The maximum absolute atomic E-state index is 12.2. The molecule has 19 heavy (non-hydrogen) atoms. The first-order valence-electron chi connectivity index (χ1n) is 5.27. The normalized spacial score (nSPS) is 32.8. The van der Waals surface area contributed by atoms with E-state index in [2.05, 4.69) is 0 Å². The molecule has 0 radical (unpaired) electrons. The molecule has 0 aliphatic carbocycles. The predicted molar refractivity (Wildman–Crippen MR) is 60.8 cm³/mol. The van der Waals surface area contributed by atoms with Gasteiger partial charge in [0, 0.05) is 6.08 Å². The minimum absolute atomic E-state index is 0.399. The smallest absolute Gasteiger partial charge is 0.328 e. The Morgan fingerprint density at radius 1 is 1.32 bits per heavy atom. The molecule has 2 aliphatic rings. The number of carboxylic acid groups (broad SMARTS) is 2. The Morgan fingerprint density at radius 2 is 1.84 bits per heavy atom. The Morgan fingerprint density at radius 3 is 2.26 bits per heavy atom. The molecule has 104 valence electrons. The van der Waals surface area contributed by atoms with Gasteiger partial charge in [0.2, 0.25) is 0 Å². The van der Waals surface area contributed by atoms with Crippen LogP contribution in [0, 0.1) is 0 Å². The number of sulfone groups is 1. The summed E-state index contributed by atoms with van der Waals surface area (Å²) in [6.07, 6.45) is 0.515. The SMILES string of the molecule is CC1(C)[C@H](C(=O)O)N2C(=O)/C(=C\C(=O)O)[C@H]2S1(=O)=O. The Balaban J connectivity index is 2.61. The molecular formula is C10H11NO7S. The van der Waals surface area contributed by atoms with Crippen molar-refractivity contribution in [3.05, 3.63) is 11.6 Å². The number of β-lactam (4-membered cyclic amide) rings is 1. The molecule has 2 fully saturated rings. The van der Waals surface area contributed by atoms with E-state index in [1.807, 2.05) is 0 Å². The molecule has 0 aromatic carbocycles. The van der Waals surface area contributed by atoms with Gasteiger partial charge in [-0.25, -0.2) is 18.0 Å². The second kappa shape index (κ2) is 3.56. The Labute approximate surface area is 108 Å². The van der Waals surface area contributed by atoms with Crippen LogP contribution >= 0.6 is 0 Å². The fraction of sp³-hybridized carbons (Fsp3) is 0.500. The zero-order valence-corrected chi connectivity index (χ0v) is 10.8. The Bertz CT molecular complexity index is 630. The molecule has 0 saturated carbocycles. The molecule has 8 nitrogen and oxygen atoms in total. The molecule has 0 unspecified atom stereocenters. The lowest BCUT2D eigenvalue weighted by atomic mass is 9.95. The van der Waals surface area contributed by atoms with Crippen molar-refractivity contribution in [1.29, 1.82) is 0 Å². The number of hydrogen-bond donors (Lipinski definition) is 2. The van der Waals surface area contributed by atoms with Crippen LogP contribution in [0.3, 0.4) is 0 Å². The van der Waals surface area contributed by atoms with Crippen molar-refractivity contribution < 1.29 is 33.0 Å². The van der Waals surface area contributed by atoms with Crippen molar-refractivity contribution in [2.24, 2.45) is 0 Å². The van der Waals surface area contributed by atoms with Crippen molar-refractivity contribution in [2.75, 3.05) is 0 Å². The van der Waals surface area contributed by atoms with Crippen LogP contribution in [-0.2, 0) is 24.2 Å². The Hall–Kier alpha value is -1.90. The third kappa shape index (κ3) is 1.44. The molecule has 0 bridgehead atoms. The van der Waals surface area contributed by atoms with Crippen LogP contribution in [0.25, 0.3) is 0 Å². The van der Waals surface area contributed by atoms with E-state index >= 15 is 0 Å². The molecule has 9 heteroatoms. The van der Waals surface area contributed by atoms with Gasteiger partial charge in [-0.15, -0.1) is 0 Å². The zero-order valence-electron chi connectivity index (χ0n) is 10.0. The van der Waals surface area contributed by atoms with Crippen molar-refractivity contribution in [1.82, 2.24) is 4.90 Å². The fourth-order valence-electron chi connectivity index (χ4n) is 2.47. The van der Waals surface area contributed by atoms with Crippen molar-refractivity contribution in [2.45, 2.75) is 30.0 Å². The van der Waals surface area contributed by atoms with Gasteiger partial charge in [0.05, 0.1) is 5.57 Å². The second-order valence-electron chi connectivity index (χ2n) is 4.89. The molecule has 0 spiro atoms. The molecule has 2 aliphatic heterocycles. The largest absolute Gasteiger partial charge is 0.480 e. The molecule has 2 saturated heterocycles. The van der Waals surface area contributed by atoms with Gasteiger partial charge in [-0.3, -0.25) is 4.79 Å². The van der Waals surface area contributed by atoms with Crippen molar-refractivity contribution >= 4 is 27.7 Å². The molecule has 2 rings (SSSR count). The highest BCUT2D eigenvalue weighted by Gasteiger charge is 2.70. The number of nitrogens with zero attached hydrogens (tertiary/aromatic N) is 1. The van der Waals surface area contributed by atoms with Crippen LogP contribution < -0.4 is 0 Å². The highest BCUT2D eigenvalue weighted by Crippen LogP contribution is 2.48. The summed E-state index contributed by atoms with van der Waals surface area (Å²) in [5.41, 5.74) is -0.399. The summed E-state index contributed by atoms with van der Waals surface area (Å²) in [5.74, 6) is -3.75. The predicted octanol–water partition coefficient (Wildman–Crippen LogP) is -1.17. The van der Waals surface area contributed by atoms with E-state index in [-0.39, 0.29) is 0 Å². The number of hydrogen-bond acceptors (Lipinski definition) is 5. The van der Waals surface area contributed by atoms with Gasteiger partial charge in [0.15, 0.2) is 21.3 Å². The first-order chi connectivity index (χ1) is 8.53. The van der Waals surface area contributed by atoms with Gasteiger partial charge in [-0.1, -0.05) is 0 Å². The quantitative estimate of drug-likeness (QED) is 0.483. The third-order valence-electron chi connectivity index (χ3n) is 3.48. The summed E-state index contributed by atoms with van der Waals surface area (Å²) in [4.78, 5) is 34.2. The fourth-order valence-corrected chi connectivity index (χ4v) is 4.60. The van der Waals surface area contributed by atoms with Gasteiger partial charge >= 0.3 is 11.9 Å². The standard InChI is InChI=1S/C10H11NO7S/c1-10(2)6(9(15)16)11-7(14)4(3-5(12)13)8(11)19(10,17)18/h3,6,8H,1-2H3,(H,12,13)(H,15,16)/b4-3+/t6-,8+/m0/s1. The summed E-state index contributed by atoms with van der Waals surface area (Å²) in [5, 5.41) is 16.2. The number of carbonyl (C=O) groups excluding carboxylic acids is 1. The summed E-state index contributed by atoms with van der Waals surface area (Å²) in [7, 11) is -3.99. The van der Waals surface area contributed by atoms with E-state index in [9.17, 15) is 22.8 Å². The van der Waals surface area contributed by atoms with Crippen LogP contribution in [0.1, 0.15) is 13.8 Å². The number of carbonyl (C=O) groups is 3. The first-order valence-corrected chi connectivity index (χ1v) is 6.81. The molecule has 2 heterocycles. The van der Waals surface area contributed by atoms with Gasteiger partial charge in [0.1, 0.15) is 4.75 Å².